The summed E-state index contributed by atoms with van der Waals surface area (Å²) in [7, 11) is 0. The molecule has 0 aliphatic rings. The molecule has 3 rings (SSSR count). The third kappa shape index (κ3) is 5.70. The number of carbonyl (C=O) groups is 2. The molecular formula is C23H23FN2O4. The van der Waals surface area contributed by atoms with Crippen molar-refractivity contribution in [3.8, 4) is 5.75 Å². The van der Waals surface area contributed by atoms with Gasteiger partial charge in [-0.15, -0.1) is 0 Å². The summed E-state index contributed by atoms with van der Waals surface area (Å²) in [6, 6.07) is 15.4. The van der Waals surface area contributed by atoms with Gasteiger partial charge in [0, 0.05) is 11.8 Å². The van der Waals surface area contributed by atoms with Gasteiger partial charge in [-0.3, -0.25) is 9.59 Å². The topological polar surface area (TPSA) is 80.6 Å². The second kappa shape index (κ2) is 9.73. The van der Waals surface area contributed by atoms with Crippen molar-refractivity contribution in [1.29, 1.82) is 0 Å². The summed E-state index contributed by atoms with van der Waals surface area (Å²) in [5, 5.41) is 5.52. The van der Waals surface area contributed by atoms with Crippen molar-refractivity contribution >= 4 is 17.5 Å². The van der Waals surface area contributed by atoms with E-state index in [2.05, 4.69) is 10.6 Å². The first-order valence-electron chi connectivity index (χ1n) is 9.55. The number of benzene rings is 2. The minimum absolute atomic E-state index is 0.136. The Kier molecular flexibility index (Phi) is 6.85. The van der Waals surface area contributed by atoms with Crippen LogP contribution in [0, 0.1) is 11.7 Å². The molecule has 1 heterocycles. The number of hydrogen-bond acceptors (Lipinski definition) is 4. The molecule has 2 aromatic carbocycles. The van der Waals surface area contributed by atoms with Gasteiger partial charge in [0.2, 0.25) is 5.91 Å². The summed E-state index contributed by atoms with van der Waals surface area (Å²) in [6.07, 6.45) is 1.40. The Morgan fingerprint density at radius 2 is 1.87 bits per heavy atom. The monoisotopic (exact) mass is 410 g/mol. The number of anilines is 1. The van der Waals surface area contributed by atoms with Crippen LogP contribution in [-0.4, -0.2) is 17.9 Å². The molecular weight excluding hydrogens is 387 g/mol. The third-order valence-corrected chi connectivity index (χ3v) is 4.38. The first-order chi connectivity index (χ1) is 14.4. The van der Waals surface area contributed by atoms with Crippen LogP contribution in [0.3, 0.4) is 0 Å². The van der Waals surface area contributed by atoms with Crippen LogP contribution in [0.2, 0.25) is 0 Å². The van der Waals surface area contributed by atoms with Crippen LogP contribution in [0.4, 0.5) is 10.1 Å². The van der Waals surface area contributed by atoms with Crippen LogP contribution < -0.4 is 15.4 Å². The molecule has 1 aromatic heterocycles. The zero-order chi connectivity index (χ0) is 21.5. The normalized spacial score (nSPS) is 11.7. The van der Waals surface area contributed by atoms with Crippen LogP contribution >= 0.6 is 0 Å². The number of carbonyl (C=O) groups excluding carboxylic acids is 2. The van der Waals surface area contributed by atoms with E-state index in [9.17, 15) is 14.0 Å². The van der Waals surface area contributed by atoms with E-state index in [-0.39, 0.29) is 30.0 Å². The summed E-state index contributed by atoms with van der Waals surface area (Å²) < 4.78 is 23.9. The van der Waals surface area contributed by atoms with Gasteiger partial charge >= 0.3 is 0 Å². The highest BCUT2D eigenvalue weighted by Crippen LogP contribution is 2.17. The van der Waals surface area contributed by atoms with Crippen molar-refractivity contribution in [2.45, 2.75) is 26.5 Å². The zero-order valence-electron chi connectivity index (χ0n) is 16.7. The number of nitrogens with one attached hydrogen (secondary N) is 2. The van der Waals surface area contributed by atoms with Gasteiger partial charge in [0.05, 0.1) is 6.26 Å². The highest BCUT2D eigenvalue weighted by Gasteiger charge is 2.25. The molecule has 1 unspecified atom stereocenters. The lowest BCUT2D eigenvalue weighted by Crippen LogP contribution is -2.47. The standard InChI is InChI=1S/C23H23FN2O4/c1-15(2)21(26-22(27)20-10-5-11-29-20)23(28)25-18-8-3-6-16(12-18)14-30-19-9-4-7-17(24)13-19/h3-13,15,21H,14H2,1-2H3,(H,25,28)(H,26,27). The molecule has 2 amide bonds. The van der Waals surface area contributed by atoms with Crippen LogP contribution in [0.25, 0.3) is 0 Å². The minimum atomic E-state index is -0.741. The van der Waals surface area contributed by atoms with E-state index in [1.54, 1.807) is 36.4 Å². The van der Waals surface area contributed by atoms with Crippen LogP contribution in [-0.2, 0) is 11.4 Å². The number of halogens is 1. The molecule has 0 aliphatic heterocycles. The lowest BCUT2D eigenvalue weighted by atomic mass is 10.0. The maximum atomic E-state index is 13.3. The SMILES string of the molecule is CC(C)C(NC(=O)c1ccco1)C(=O)Nc1cccc(COc2cccc(F)c2)c1. The smallest absolute Gasteiger partial charge is 0.287 e. The molecule has 7 heteroatoms. The second-order valence-corrected chi connectivity index (χ2v) is 7.11. The molecule has 0 saturated heterocycles. The first-order valence-corrected chi connectivity index (χ1v) is 9.55. The summed E-state index contributed by atoms with van der Waals surface area (Å²) in [4.78, 5) is 25.0. The van der Waals surface area contributed by atoms with Crippen molar-refractivity contribution in [1.82, 2.24) is 5.32 Å². The van der Waals surface area contributed by atoms with Crippen molar-refractivity contribution in [2.24, 2.45) is 5.92 Å². The van der Waals surface area contributed by atoms with Gasteiger partial charge in [-0.2, -0.15) is 0 Å². The Labute approximate surface area is 174 Å². The summed E-state index contributed by atoms with van der Waals surface area (Å²) in [6.45, 7) is 3.90. The maximum absolute atomic E-state index is 13.3. The van der Waals surface area contributed by atoms with E-state index in [4.69, 9.17) is 9.15 Å². The van der Waals surface area contributed by atoms with Gasteiger partial charge < -0.3 is 19.8 Å². The average Bonchev–Trinajstić information content (AvgIpc) is 3.25. The largest absolute Gasteiger partial charge is 0.489 e. The number of furan rings is 1. The van der Waals surface area contributed by atoms with Gasteiger partial charge in [0.1, 0.15) is 24.2 Å². The lowest BCUT2D eigenvalue weighted by Gasteiger charge is -2.21. The Balaban J connectivity index is 1.63. The number of rotatable bonds is 8. The van der Waals surface area contributed by atoms with E-state index in [1.165, 1.54) is 24.5 Å². The Morgan fingerprint density at radius 3 is 2.57 bits per heavy atom. The number of ether oxygens (including phenoxy) is 1. The first kappa shape index (κ1) is 21.1. The summed E-state index contributed by atoms with van der Waals surface area (Å²) in [5.41, 5.74) is 1.37. The van der Waals surface area contributed by atoms with Crippen molar-refractivity contribution in [3.05, 3.63) is 84.1 Å². The molecule has 0 fully saturated rings. The molecule has 30 heavy (non-hydrogen) atoms. The Hall–Kier alpha value is -3.61. The third-order valence-electron chi connectivity index (χ3n) is 4.38. The Morgan fingerprint density at radius 1 is 1.07 bits per heavy atom. The average molecular weight is 410 g/mol. The number of hydrogen-bond donors (Lipinski definition) is 2. The molecule has 1 atom stereocenters. The van der Waals surface area contributed by atoms with Gasteiger partial charge in [-0.05, 0) is 47.9 Å². The van der Waals surface area contributed by atoms with Crippen LogP contribution in [0.1, 0.15) is 30.0 Å². The fraction of sp³-hybridized carbons (Fsp3) is 0.217. The van der Waals surface area contributed by atoms with E-state index in [0.29, 0.717) is 11.4 Å². The number of amides is 2. The van der Waals surface area contributed by atoms with E-state index in [1.807, 2.05) is 19.9 Å². The van der Waals surface area contributed by atoms with Crippen molar-refractivity contribution < 1.29 is 23.1 Å². The Bertz CT molecular complexity index is 1000. The van der Waals surface area contributed by atoms with Gasteiger partial charge in [-0.1, -0.05) is 32.0 Å². The van der Waals surface area contributed by atoms with Crippen LogP contribution in [0.5, 0.6) is 5.75 Å². The van der Waals surface area contributed by atoms with E-state index >= 15 is 0 Å². The maximum Gasteiger partial charge on any atom is 0.287 e. The summed E-state index contributed by atoms with van der Waals surface area (Å²) in [5.74, 6) is -0.734. The van der Waals surface area contributed by atoms with Gasteiger partial charge in [-0.25, -0.2) is 4.39 Å². The molecule has 0 aliphatic carbocycles. The second-order valence-electron chi connectivity index (χ2n) is 7.11. The predicted octanol–water partition coefficient (Wildman–Crippen LogP) is 4.39. The van der Waals surface area contributed by atoms with Crippen molar-refractivity contribution in [2.75, 3.05) is 5.32 Å². The van der Waals surface area contributed by atoms with Crippen molar-refractivity contribution in [3.63, 3.8) is 0 Å². The highest BCUT2D eigenvalue weighted by atomic mass is 19.1. The molecule has 156 valence electrons. The van der Waals surface area contributed by atoms with Gasteiger partial charge in [0.15, 0.2) is 5.76 Å². The van der Waals surface area contributed by atoms with Gasteiger partial charge in [0.25, 0.3) is 5.91 Å². The molecule has 3 aromatic rings. The zero-order valence-corrected chi connectivity index (χ0v) is 16.7. The molecule has 2 N–H and O–H groups in total. The summed E-state index contributed by atoms with van der Waals surface area (Å²) >= 11 is 0. The quantitative estimate of drug-likeness (QED) is 0.577. The fourth-order valence-corrected chi connectivity index (χ4v) is 2.84. The molecule has 0 radical (unpaired) electrons. The van der Waals surface area contributed by atoms with E-state index in [0.717, 1.165) is 5.56 Å². The van der Waals surface area contributed by atoms with Crippen LogP contribution in [0.15, 0.2) is 71.3 Å². The van der Waals surface area contributed by atoms with E-state index < -0.39 is 11.9 Å². The predicted molar refractivity (Wildman–Crippen MR) is 111 cm³/mol. The molecule has 0 saturated carbocycles. The lowest BCUT2D eigenvalue weighted by molar-refractivity contribution is -0.118. The fourth-order valence-electron chi connectivity index (χ4n) is 2.84. The molecule has 0 bridgehead atoms. The minimum Gasteiger partial charge on any atom is -0.489 e. The highest BCUT2D eigenvalue weighted by molar-refractivity contribution is 6.00. The molecule has 6 nitrogen and oxygen atoms in total. The molecule has 0 spiro atoms.